The molecule has 0 unspecified atom stereocenters. The van der Waals surface area contributed by atoms with Crippen LogP contribution in [-0.2, 0) is 9.84 Å². The van der Waals surface area contributed by atoms with Gasteiger partial charge in [0.1, 0.15) is 0 Å². The molecular formula is C14H16F3NO2S. The second-order valence-electron chi connectivity index (χ2n) is 5.79. The monoisotopic (exact) mass is 319 g/mol. The minimum absolute atomic E-state index is 0.0682. The Morgan fingerprint density at radius 2 is 1.57 bits per heavy atom. The van der Waals surface area contributed by atoms with E-state index in [1.165, 1.54) is 12.1 Å². The third-order valence-corrected chi connectivity index (χ3v) is 5.61. The number of anilines is 1. The molecule has 2 saturated carbocycles. The average Bonchev–Trinajstić information content (AvgIpc) is 3.27. The molecule has 7 heteroatoms. The summed E-state index contributed by atoms with van der Waals surface area (Å²) in [6.45, 7) is 0. The van der Waals surface area contributed by atoms with Crippen LogP contribution in [0.2, 0.25) is 0 Å². The number of alkyl halides is 3. The first-order chi connectivity index (χ1) is 9.80. The van der Waals surface area contributed by atoms with Crippen LogP contribution in [0.1, 0.15) is 25.7 Å². The van der Waals surface area contributed by atoms with Crippen LogP contribution in [0.25, 0.3) is 0 Å². The quantitative estimate of drug-likeness (QED) is 0.902. The molecule has 0 aliphatic heterocycles. The fraction of sp³-hybridized carbons (Fsp3) is 0.571. The zero-order chi connectivity index (χ0) is 15.3. The van der Waals surface area contributed by atoms with Crippen LogP contribution in [-0.4, -0.2) is 20.0 Å². The Labute approximate surface area is 121 Å². The standard InChI is InChI=1S/C14H16F3NO2S/c15-14(16,17)21(19,20)12-4-2-1-3-11(12)18-13(9-5-6-9)10-7-8-10/h1-4,9-10,13,18H,5-8H2. The topological polar surface area (TPSA) is 46.2 Å². The number of para-hydroxylation sites is 1. The highest BCUT2D eigenvalue weighted by Gasteiger charge is 2.48. The molecule has 3 nitrogen and oxygen atoms in total. The van der Waals surface area contributed by atoms with Crippen LogP contribution in [0.4, 0.5) is 18.9 Å². The van der Waals surface area contributed by atoms with Gasteiger partial charge in [-0.25, -0.2) is 8.42 Å². The molecule has 0 atom stereocenters. The molecule has 3 rings (SSSR count). The summed E-state index contributed by atoms with van der Waals surface area (Å²) in [5.74, 6) is 0.915. The molecule has 0 heterocycles. The van der Waals surface area contributed by atoms with Crippen molar-refractivity contribution in [3.63, 3.8) is 0 Å². The van der Waals surface area contributed by atoms with Crippen molar-refractivity contribution in [2.24, 2.45) is 11.8 Å². The smallest absolute Gasteiger partial charge is 0.381 e. The van der Waals surface area contributed by atoms with E-state index in [-0.39, 0.29) is 11.7 Å². The minimum Gasteiger partial charge on any atom is -0.381 e. The zero-order valence-electron chi connectivity index (χ0n) is 11.2. The van der Waals surface area contributed by atoms with E-state index in [1.807, 2.05) is 0 Å². The Morgan fingerprint density at radius 1 is 1.05 bits per heavy atom. The molecule has 116 valence electrons. The van der Waals surface area contributed by atoms with Crippen molar-refractivity contribution < 1.29 is 21.6 Å². The van der Waals surface area contributed by atoms with Crippen molar-refractivity contribution >= 4 is 15.5 Å². The maximum Gasteiger partial charge on any atom is 0.501 e. The van der Waals surface area contributed by atoms with Gasteiger partial charge in [0.2, 0.25) is 0 Å². The molecule has 0 aromatic heterocycles. The number of benzene rings is 1. The van der Waals surface area contributed by atoms with Crippen molar-refractivity contribution in [3.8, 4) is 0 Å². The Morgan fingerprint density at radius 3 is 2.05 bits per heavy atom. The third-order valence-electron chi connectivity index (χ3n) is 4.06. The van der Waals surface area contributed by atoms with Gasteiger partial charge in [-0.05, 0) is 49.7 Å². The summed E-state index contributed by atoms with van der Waals surface area (Å²) >= 11 is 0. The number of hydrogen-bond acceptors (Lipinski definition) is 3. The summed E-state index contributed by atoms with van der Waals surface area (Å²) in [4.78, 5) is -0.677. The van der Waals surface area contributed by atoms with Gasteiger partial charge >= 0.3 is 5.51 Å². The highest BCUT2D eigenvalue weighted by molar-refractivity contribution is 7.92. The average molecular weight is 319 g/mol. The maximum atomic E-state index is 12.8. The van der Waals surface area contributed by atoms with E-state index < -0.39 is 20.2 Å². The summed E-state index contributed by atoms with van der Waals surface area (Å²) < 4.78 is 61.6. The molecule has 2 fully saturated rings. The molecule has 1 N–H and O–H groups in total. The molecule has 0 amide bonds. The first kappa shape index (κ1) is 14.7. The van der Waals surface area contributed by atoms with Crippen molar-refractivity contribution in [3.05, 3.63) is 24.3 Å². The predicted octanol–water partition coefficient (Wildman–Crippen LogP) is 3.58. The second kappa shape index (κ2) is 4.90. The van der Waals surface area contributed by atoms with E-state index in [9.17, 15) is 21.6 Å². The fourth-order valence-electron chi connectivity index (χ4n) is 2.66. The molecule has 0 radical (unpaired) electrons. The fourth-order valence-corrected chi connectivity index (χ4v) is 3.58. The first-order valence-electron chi connectivity index (χ1n) is 6.97. The molecule has 2 aliphatic carbocycles. The highest BCUT2D eigenvalue weighted by atomic mass is 32.2. The van der Waals surface area contributed by atoms with E-state index >= 15 is 0 Å². The summed E-state index contributed by atoms with van der Waals surface area (Å²) in [5.41, 5.74) is -5.21. The minimum atomic E-state index is -5.33. The first-order valence-corrected chi connectivity index (χ1v) is 8.46. The molecule has 0 saturated heterocycles. The van der Waals surface area contributed by atoms with Gasteiger partial charge in [-0.2, -0.15) is 13.2 Å². The van der Waals surface area contributed by atoms with Gasteiger partial charge < -0.3 is 5.32 Å². The number of halogens is 3. The lowest BCUT2D eigenvalue weighted by Gasteiger charge is -2.21. The van der Waals surface area contributed by atoms with E-state index in [1.54, 1.807) is 6.07 Å². The zero-order valence-corrected chi connectivity index (χ0v) is 12.0. The lowest BCUT2D eigenvalue weighted by atomic mass is 10.1. The van der Waals surface area contributed by atoms with Crippen LogP contribution < -0.4 is 5.32 Å². The number of hydrogen-bond donors (Lipinski definition) is 1. The third kappa shape index (κ3) is 2.88. The van der Waals surface area contributed by atoms with Crippen LogP contribution in [0.5, 0.6) is 0 Å². The van der Waals surface area contributed by atoms with Crippen LogP contribution in [0.3, 0.4) is 0 Å². The van der Waals surface area contributed by atoms with Gasteiger partial charge in [-0.1, -0.05) is 12.1 Å². The molecule has 1 aromatic carbocycles. The Hall–Kier alpha value is -1.24. The lowest BCUT2D eigenvalue weighted by molar-refractivity contribution is -0.0435. The van der Waals surface area contributed by atoms with Gasteiger partial charge in [-0.15, -0.1) is 0 Å². The Bertz CT molecular complexity index is 622. The van der Waals surface area contributed by atoms with Crippen molar-refractivity contribution in [1.82, 2.24) is 0 Å². The van der Waals surface area contributed by atoms with Gasteiger partial charge in [-0.3, -0.25) is 0 Å². The summed E-state index contributed by atoms with van der Waals surface area (Å²) in [5, 5.41) is 3.07. The Kier molecular flexibility index (Phi) is 3.43. The van der Waals surface area contributed by atoms with Gasteiger partial charge in [0.25, 0.3) is 9.84 Å². The predicted molar refractivity (Wildman–Crippen MR) is 72.5 cm³/mol. The SMILES string of the molecule is O=S(=O)(c1ccccc1NC(C1CC1)C1CC1)C(F)(F)F. The maximum absolute atomic E-state index is 12.8. The molecular weight excluding hydrogens is 303 g/mol. The van der Waals surface area contributed by atoms with Crippen LogP contribution >= 0.6 is 0 Å². The van der Waals surface area contributed by atoms with E-state index in [4.69, 9.17) is 0 Å². The summed E-state index contributed by atoms with van der Waals surface area (Å²) in [6, 6.07) is 5.38. The van der Waals surface area contributed by atoms with Gasteiger partial charge in [0, 0.05) is 6.04 Å². The number of nitrogens with one attached hydrogen (secondary N) is 1. The largest absolute Gasteiger partial charge is 0.501 e. The highest BCUT2D eigenvalue weighted by Crippen LogP contribution is 2.46. The van der Waals surface area contributed by atoms with Crippen molar-refractivity contribution in [1.29, 1.82) is 0 Å². The van der Waals surface area contributed by atoms with E-state index in [2.05, 4.69) is 5.32 Å². The molecule has 21 heavy (non-hydrogen) atoms. The molecule has 1 aromatic rings. The normalized spacial score (nSPS) is 19.8. The van der Waals surface area contributed by atoms with Gasteiger partial charge in [0.15, 0.2) is 0 Å². The molecule has 0 spiro atoms. The van der Waals surface area contributed by atoms with E-state index in [0.29, 0.717) is 11.8 Å². The summed E-state index contributed by atoms with van der Waals surface area (Å²) in [6.07, 6.45) is 4.23. The summed E-state index contributed by atoms with van der Waals surface area (Å²) in [7, 11) is -5.33. The van der Waals surface area contributed by atoms with Crippen LogP contribution in [0, 0.1) is 11.8 Å². The number of rotatable bonds is 5. The second-order valence-corrected chi connectivity index (χ2v) is 7.70. The van der Waals surface area contributed by atoms with Crippen molar-refractivity contribution in [2.45, 2.75) is 42.1 Å². The lowest BCUT2D eigenvalue weighted by Crippen LogP contribution is -2.28. The number of sulfone groups is 1. The van der Waals surface area contributed by atoms with Crippen molar-refractivity contribution in [2.75, 3.05) is 5.32 Å². The Balaban J connectivity index is 1.92. The van der Waals surface area contributed by atoms with E-state index in [0.717, 1.165) is 31.7 Å². The molecule has 2 aliphatic rings. The van der Waals surface area contributed by atoms with Crippen LogP contribution in [0.15, 0.2) is 29.2 Å². The van der Waals surface area contributed by atoms with Gasteiger partial charge in [0.05, 0.1) is 10.6 Å². The molecule has 0 bridgehead atoms.